The standard InChI is InChI=1S/C24H26O2/c1-4-11-20-21(18-12-7-5-8-13-18)22(19-14-9-6-10-15-19)24(3,23(20)26)17(2)16-25/h5-10,12-16,20-22H,2,4,11H2,1,3H3/t20-,21-,22+,24-/m0/s1. The zero-order chi connectivity index (χ0) is 18.7. The zero-order valence-corrected chi connectivity index (χ0v) is 15.5. The van der Waals surface area contributed by atoms with Gasteiger partial charge in [-0.15, -0.1) is 0 Å². The Balaban J connectivity index is 2.24. The summed E-state index contributed by atoms with van der Waals surface area (Å²) in [6, 6.07) is 20.4. The van der Waals surface area contributed by atoms with Gasteiger partial charge in [0.2, 0.25) is 0 Å². The molecule has 2 nitrogen and oxygen atoms in total. The summed E-state index contributed by atoms with van der Waals surface area (Å²) in [6.07, 6.45) is 2.53. The summed E-state index contributed by atoms with van der Waals surface area (Å²) in [5.74, 6) is 0.00839. The van der Waals surface area contributed by atoms with Crippen LogP contribution < -0.4 is 0 Å². The number of ketones is 1. The lowest BCUT2D eigenvalue weighted by molar-refractivity contribution is -0.128. The molecule has 0 spiro atoms. The highest BCUT2D eigenvalue weighted by atomic mass is 16.1. The first-order valence-corrected chi connectivity index (χ1v) is 9.34. The molecule has 0 unspecified atom stereocenters. The molecular formula is C24H26O2. The van der Waals surface area contributed by atoms with Crippen LogP contribution >= 0.6 is 0 Å². The Kier molecular flexibility index (Phi) is 5.22. The van der Waals surface area contributed by atoms with Crippen molar-refractivity contribution in [2.45, 2.75) is 38.5 Å². The molecule has 3 rings (SSSR count). The van der Waals surface area contributed by atoms with Crippen molar-refractivity contribution in [3.63, 3.8) is 0 Å². The van der Waals surface area contributed by atoms with Crippen molar-refractivity contribution in [1.82, 2.24) is 0 Å². The van der Waals surface area contributed by atoms with Gasteiger partial charge in [-0.2, -0.15) is 0 Å². The highest BCUT2D eigenvalue weighted by Gasteiger charge is 2.58. The van der Waals surface area contributed by atoms with E-state index in [0.29, 0.717) is 5.57 Å². The molecule has 2 heteroatoms. The lowest BCUT2D eigenvalue weighted by Crippen LogP contribution is -2.32. The number of Topliss-reactive ketones (excluding diaryl/α,β-unsaturated/α-hetero) is 1. The summed E-state index contributed by atoms with van der Waals surface area (Å²) in [5.41, 5.74) is 1.77. The number of hydrogen-bond donors (Lipinski definition) is 0. The lowest BCUT2D eigenvalue weighted by Gasteiger charge is -2.33. The average Bonchev–Trinajstić information content (AvgIpc) is 2.91. The Morgan fingerprint density at radius 3 is 2.08 bits per heavy atom. The second kappa shape index (κ2) is 7.41. The topological polar surface area (TPSA) is 34.1 Å². The van der Waals surface area contributed by atoms with Gasteiger partial charge in [0, 0.05) is 17.8 Å². The van der Waals surface area contributed by atoms with Gasteiger partial charge in [0.05, 0.1) is 5.41 Å². The van der Waals surface area contributed by atoms with E-state index >= 15 is 0 Å². The van der Waals surface area contributed by atoms with Crippen LogP contribution in [0.25, 0.3) is 0 Å². The van der Waals surface area contributed by atoms with E-state index < -0.39 is 5.41 Å². The Bertz CT molecular complexity index is 793. The summed E-state index contributed by atoms with van der Waals surface area (Å²) >= 11 is 0. The van der Waals surface area contributed by atoms with Crippen LogP contribution in [0.4, 0.5) is 0 Å². The SMILES string of the molecule is C=C(C=O)[C@]1(C)C(=O)[C@@H](CCC)[C@H](c2ccccc2)[C@H]1c1ccccc1. The first-order chi connectivity index (χ1) is 12.6. The first kappa shape index (κ1) is 18.3. The van der Waals surface area contributed by atoms with Crippen molar-refractivity contribution in [3.05, 3.63) is 83.9 Å². The van der Waals surface area contributed by atoms with Crippen molar-refractivity contribution >= 4 is 12.1 Å². The fourth-order valence-corrected chi connectivity index (χ4v) is 4.70. The highest BCUT2D eigenvalue weighted by Crippen LogP contribution is 2.60. The van der Waals surface area contributed by atoms with E-state index in [1.807, 2.05) is 43.3 Å². The Hall–Kier alpha value is -2.48. The summed E-state index contributed by atoms with van der Waals surface area (Å²) < 4.78 is 0. The van der Waals surface area contributed by atoms with Crippen LogP contribution in [0.1, 0.15) is 49.7 Å². The van der Waals surface area contributed by atoms with Gasteiger partial charge in [-0.1, -0.05) is 80.6 Å². The number of benzene rings is 2. The van der Waals surface area contributed by atoms with Crippen molar-refractivity contribution < 1.29 is 9.59 Å². The number of carbonyl (C=O) groups is 2. The number of allylic oxidation sites excluding steroid dienone is 1. The summed E-state index contributed by atoms with van der Waals surface area (Å²) in [7, 11) is 0. The zero-order valence-electron chi connectivity index (χ0n) is 15.5. The molecule has 1 fully saturated rings. The smallest absolute Gasteiger partial charge is 0.147 e. The molecule has 0 N–H and O–H groups in total. The van der Waals surface area contributed by atoms with Gasteiger partial charge in [0.25, 0.3) is 0 Å². The molecule has 2 aromatic rings. The highest BCUT2D eigenvalue weighted by molar-refractivity contribution is 6.00. The monoisotopic (exact) mass is 346 g/mol. The maximum atomic E-state index is 13.6. The molecule has 0 radical (unpaired) electrons. The second-order valence-corrected chi connectivity index (χ2v) is 7.43. The third kappa shape index (κ3) is 2.84. The van der Waals surface area contributed by atoms with Crippen LogP contribution in [0.5, 0.6) is 0 Å². The van der Waals surface area contributed by atoms with E-state index in [1.54, 1.807) is 0 Å². The number of carbonyl (C=O) groups excluding carboxylic acids is 2. The molecule has 0 heterocycles. The van der Waals surface area contributed by atoms with Crippen molar-refractivity contribution in [1.29, 1.82) is 0 Å². The second-order valence-electron chi connectivity index (χ2n) is 7.43. The first-order valence-electron chi connectivity index (χ1n) is 9.34. The molecule has 4 atom stereocenters. The Morgan fingerprint density at radius 2 is 1.58 bits per heavy atom. The minimum absolute atomic E-state index is 0.0488. The molecule has 26 heavy (non-hydrogen) atoms. The summed E-state index contributed by atoms with van der Waals surface area (Å²) in [4.78, 5) is 25.2. The van der Waals surface area contributed by atoms with E-state index in [9.17, 15) is 9.59 Å². The van der Waals surface area contributed by atoms with Gasteiger partial charge in [0.15, 0.2) is 0 Å². The van der Waals surface area contributed by atoms with Crippen LogP contribution in [0, 0.1) is 11.3 Å². The van der Waals surface area contributed by atoms with E-state index in [2.05, 4.69) is 37.8 Å². The molecule has 0 saturated heterocycles. The molecule has 134 valence electrons. The molecule has 1 aliphatic carbocycles. The lowest BCUT2D eigenvalue weighted by atomic mass is 9.68. The minimum atomic E-state index is -0.872. The normalized spacial score (nSPS) is 28.1. The summed E-state index contributed by atoms with van der Waals surface area (Å²) in [5, 5.41) is 0. The fraction of sp³-hybridized carbons (Fsp3) is 0.333. The van der Waals surface area contributed by atoms with E-state index in [1.165, 1.54) is 0 Å². The van der Waals surface area contributed by atoms with Crippen molar-refractivity contribution in [3.8, 4) is 0 Å². The van der Waals surface area contributed by atoms with E-state index in [0.717, 1.165) is 30.3 Å². The quantitative estimate of drug-likeness (QED) is 0.524. The maximum absolute atomic E-state index is 13.6. The van der Waals surface area contributed by atoms with Crippen LogP contribution in [-0.4, -0.2) is 12.1 Å². The van der Waals surface area contributed by atoms with Gasteiger partial charge in [-0.05, 0) is 30.0 Å². The van der Waals surface area contributed by atoms with Gasteiger partial charge in [-0.3, -0.25) is 9.59 Å². The largest absolute Gasteiger partial charge is 0.298 e. The molecule has 0 amide bonds. The molecule has 0 bridgehead atoms. The molecular weight excluding hydrogens is 320 g/mol. The molecule has 1 saturated carbocycles. The molecule has 0 aromatic heterocycles. The minimum Gasteiger partial charge on any atom is -0.298 e. The van der Waals surface area contributed by atoms with Crippen LogP contribution in [0.2, 0.25) is 0 Å². The van der Waals surface area contributed by atoms with Crippen LogP contribution in [-0.2, 0) is 9.59 Å². The molecule has 1 aliphatic rings. The number of hydrogen-bond acceptors (Lipinski definition) is 2. The third-order valence-corrected chi connectivity index (χ3v) is 6.02. The predicted molar refractivity (Wildman–Crippen MR) is 105 cm³/mol. The number of aldehydes is 1. The Morgan fingerprint density at radius 1 is 1.04 bits per heavy atom. The van der Waals surface area contributed by atoms with Crippen LogP contribution in [0.3, 0.4) is 0 Å². The van der Waals surface area contributed by atoms with Crippen molar-refractivity contribution in [2.24, 2.45) is 11.3 Å². The predicted octanol–water partition coefficient (Wildman–Crippen LogP) is 5.31. The van der Waals surface area contributed by atoms with Gasteiger partial charge >= 0.3 is 0 Å². The van der Waals surface area contributed by atoms with Gasteiger partial charge in [0.1, 0.15) is 12.1 Å². The Labute approximate surface area is 155 Å². The molecule has 2 aromatic carbocycles. The molecule has 0 aliphatic heterocycles. The fourth-order valence-electron chi connectivity index (χ4n) is 4.70. The van der Waals surface area contributed by atoms with Crippen LogP contribution in [0.15, 0.2) is 72.8 Å². The average molecular weight is 346 g/mol. The maximum Gasteiger partial charge on any atom is 0.147 e. The number of rotatable bonds is 6. The third-order valence-electron chi connectivity index (χ3n) is 6.02. The van der Waals surface area contributed by atoms with Gasteiger partial charge < -0.3 is 0 Å². The van der Waals surface area contributed by atoms with E-state index in [-0.39, 0.29) is 23.5 Å². The van der Waals surface area contributed by atoms with Gasteiger partial charge in [-0.25, -0.2) is 0 Å². The van der Waals surface area contributed by atoms with E-state index in [4.69, 9.17) is 0 Å². The summed E-state index contributed by atoms with van der Waals surface area (Å²) in [6.45, 7) is 8.01. The van der Waals surface area contributed by atoms with Crippen molar-refractivity contribution in [2.75, 3.05) is 0 Å².